The van der Waals surface area contributed by atoms with Crippen molar-refractivity contribution >= 4 is 5.78 Å². The number of hydrogen-bond acceptors (Lipinski definition) is 2. The molecule has 0 aromatic carbocycles. The summed E-state index contributed by atoms with van der Waals surface area (Å²) in [4.78, 5) is 12.0. The summed E-state index contributed by atoms with van der Waals surface area (Å²) in [6.45, 7) is 2.98. The summed E-state index contributed by atoms with van der Waals surface area (Å²) in [6.07, 6.45) is 8.49. The maximum atomic E-state index is 12.0. The van der Waals surface area contributed by atoms with E-state index in [2.05, 4.69) is 6.92 Å². The van der Waals surface area contributed by atoms with Gasteiger partial charge in [0.05, 0.1) is 6.61 Å². The van der Waals surface area contributed by atoms with Crippen molar-refractivity contribution in [3.63, 3.8) is 0 Å². The lowest BCUT2D eigenvalue weighted by Gasteiger charge is -2.35. The Labute approximate surface area is 91.4 Å². The molecule has 0 radical (unpaired) electrons. The Bertz CT molecular complexity index is 283. The lowest BCUT2D eigenvalue weighted by Crippen LogP contribution is -2.40. The second-order valence-corrected chi connectivity index (χ2v) is 5.71. The summed E-state index contributed by atoms with van der Waals surface area (Å²) in [5.41, 5.74) is -0.0860. The van der Waals surface area contributed by atoms with E-state index in [-0.39, 0.29) is 11.0 Å². The second kappa shape index (κ2) is 3.07. The van der Waals surface area contributed by atoms with Crippen molar-refractivity contribution in [3.8, 4) is 0 Å². The van der Waals surface area contributed by atoms with E-state index in [0.29, 0.717) is 11.7 Å². The summed E-state index contributed by atoms with van der Waals surface area (Å²) >= 11 is 0. The molecule has 0 bridgehead atoms. The summed E-state index contributed by atoms with van der Waals surface area (Å²) in [5.74, 6) is 0.947. The highest BCUT2D eigenvalue weighted by Gasteiger charge is 2.71. The van der Waals surface area contributed by atoms with E-state index >= 15 is 0 Å². The van der Waals surface area contributed by atoms with Crippen LogP contribution in [-0.2, 0) is 9.53 Å². The van der Waals surface area contributed by atoms with Gasteiger partial charge in [-0.25, -0.2) is 0 Å². The van der Waals surface area contributed by atoms with Crippen LogP contribution in [0.25, 0.3) is 0 Å². The Kier molecular flexibility index (Phi) is 2.01. The van der Waals surface area contributed by atoms with Crippen LogP contribution in [-0.4, -0.2) is 18.0 Å². The molecule has 3 fully saturated rings. The summed E-state index contributed by atoms with van der Waals surface area (Å²) < 4.78 is 5.64. The minimum atomic E-state index is -0.309. The van der Waals surface area contributed by atoms with E-state index in [9.17, 15) is 4.79 Å². The van der Waals surface area contributed by atoms with Crippen molar-refractivity contribution in [3.05, 3.63) is 0 Å². The van der Waals surface area contributed by atoms with Gasteiger partial charge >= 0.3 is 0 Å². The Morgan fingerprint density at radius 3 is 2.33 bits per heavy atom. The molecular weight excluding hydrogens is 188 g/mol. The maximum absolute atomic E-state index is 12.0. The van der Waals surface area contributed by atoms with E-state index in [1.807, 2.05) is 0 Å². The van der Waals surface area contributed by atoms with E-state index in [0.717, 1.165) is 13.0 Å². The monoisotopic (exact) mass is 208 g/mol. The molecule has 0 N–H and O–H groups in total. The quantitative estimate of drug-likeness (QED) is 0.573. The molecule has 2 saturated carbocycles. The molecule has 1 saturated heterocycles. The maximum Gasteiger partial charge on any atom is 0.167 e. The number of carbonyl (C=O) groups is 1. The summed E-state index contributed by atoms with van der Waals surface area (Å²) in [6, 6.07) is 0. The highest BCUT2D eigenvalue weighted by atomic mass is 16.6. The first kappa shape index (κ1) is 9.83. The zero-order valence-electron chi connectivity index (χ0n) is 9.55. The molecule has 0 aromatic heterocycles. The van der Waals surface area contributed by atoms with Crippen molar-refractivity contribution in [1.29, 1.82) is 0 Å². The molecule has 84 valence electrons. The molecule has 2 atom stereocenters. The van der Waals surface area contributed by atoms with Crippen molar-refractivity contribution in [2.24, 2.45) is 11.3 Å². The third-order valence-corrected chi connectivity index (χ3v) is 5.12. The largest absolute Gasteiger partial charge is 0.361 e. The van der Waals surface area contributed by atoms with Gasteiger partial charge in [-0.15, -0.1) is 0 Å². The predicted molar refractivity (Wildman–Crippen MR) is 57.6 cm³/mol. The molecule has 2 spiro atoms. The molecule has 2 nitrogen and oxygen atoms in total. The number of carbonyl (C=O) groups excluding carboxylic acids is 1. The van der Waals surface area contributed by atoms with Crippen LogP contribution in [0.15, 0.2) is 0 Å². The smallest absolute Gasteiger partial charge is 0.167 e. The molecule has 0 aromatic rings. The lowest BCUT2D eigenvalue weighted by atomic mass is 9.67. The number of hydrogen-bond donors (Lipinski definition) is 0. The molecule has 2 unspecified atom stereocenters. The Balaban J connectivity index is 1.96. The normalized spacial score (nSPS) is 43.5. The van der Waals surface area contributed by atoms with Gasteiger partial charge in [0.15, 0.2) is 11.4 Å². The zero-order chi connectivity index (χ0) is 10.5. The van der Waals surface area contributed by atoms with Crippen LogP contribution in [0.5, 0.6) is 0 Å². The highest BCUT2D eigenvalue weighted by molar-refractivity contribution is 5.93. The molecule has 0 amide bonds. The topological polar surface area (TPSA) is 29.6 Å². The van der Waals surface area contributed by atoms with Crippen molar-refractivity contribution in [2.45, 2.75) is 57.5 Å². The first-order valence-electron chi connectivity index (χ1n) is 6.39. The number of ether oxygens (including phenoxy) is 1. The van der Waals surface area contributed by atoms with Gasteiger partial charge in [0, 0.05) is 11.8 Å². The van der Waals surface area contributed by atoms with Crippen LogP contribution in [0.3, 0.4) is 0 Å². The summed E-state index contributed by atoms with van der Waals surface area (Å²) in [5, 5.41) is 0. The van der Waals surface area contributed by atoms with Gasteiger partial charge in [0.25, 0.3) is 0 Å². The molecule has 3 rings (SSSR count). The van der Waals surface area contributed by atoms with Gasteiger partial charge in [0.1, 0.15) is 0 Å². The average Bonchev–Trinajstić information content (AvgIpc) is 3.00. The van der Waals surface area contributed by atoms with Crippen LogP contribution in [0.1, 0.15) is 51.9 Å². The van der Waals surface area contributed by atoms with Crippen LogP contribution < -0.4 is 0 Å². The van der Waals surface area contributed by atoms with E-state index < -0.39 is 0 Å². The van der Waals surface area contributed by atoms with E-state index in [4.69, 9.17) is 4.74 Å². The molecule has 2 heteroatoms. The SMILES string of the molecule is CC1CC(=O)C2(CO2)C12CCCCCC2. The third kappa shape index (κ3) is 1.12. The predicted octanol–water partition coefficient (Wildman–Crippen LogP) is 2.70. The van der Waals surface area contributed by atoms with Gasteiger partial charge in [-0.05, 0) is 18.8 Å². The fourth-order valence-corrected chi connectivity index (χ4v) is 4.09. The molecule has 15 heavy (non-hydrogen) atoms. The average molecular weight is 208 g/mol. The van der Waals surface area contributed by atoms with Crippen LogP contribution in [0.4, 0.5) is 0 Å². The van der Waals surface area contributed by atoms with Gasteiger partial charge in [0.2, 0.25) is 0 Å². The number of ketones is 1. The van der Waals surface area contributed by atoms with Crippen LogP contribution in [0, 0.1) is 11.3 Å². The second-order valence-electron chi connectivity index (χ2n) is 5.71. The Morgan fingerprint density at radius 1 is 1.20 bits per heavy atom. The van der Waals surface area contributed by atoms with E-state index in [1.54, 1.807) is 0 Å². The van der Waals surface area contributed by atoms with Gasteiger partial charge < -0.3 is 4.74 Å². The fraction of sp³-hybridized carbons (Fsp3) is 0.923. The van der Waals surface area contributed by atoms with Crippen molar-refractivity contribution in [2.75, 3.05) is 6.61 Å². The highest BCUT2D eigenvalue weighted by Crippen LogP contribution is 2.62. The van der Waals surface area contributed by atoms with Crippen molar-refractivity contribution < 1.29 is 9.53 Å². The van der Waals surface area contributed by atoms with Gasteiger partial charge in [-0.1, -0.05) is 32.6 Å². The number of rotatable bonds is 0. The van der Waals surface area contributed by atoms with E-state index in [1.165, 1.54) is 38.5 Å². The van der Waals surface area contributed by atoms with Crippen LogP contribution >= 0.6 is 0 Å². The number of Topliss-reactive ketones (excluding diaryl/α,β-unsaturated/α-hetero) is 1. The fourth-order valence-electron chi connectivity index (χ4n) is 4.09. The van der Waals surface area contributed by atoms with Crippen molar-refractivity contribution in [1.82, 2.24) is 0 Å². The first-order valence-corrected chi connectivity index (χ1v) is 6.39. The van der Waals surface area contributed by atoms with Crippen LogP contribution in [0.2, 0.25) is 0 Å². The Hall–Kier alpha value is -0.370. The zero-order valence-corrected chi connectivity index (χ0v) is 9.55. The standard InChI is InChI=1S/C13H20O2/c1-10-8-11(14)13(9-15-13)12(10)6-4-2-3-5-7-12/h10H,2-9H2,1H3. The molecule has 1 heterocycles. The summed E-state index contributed by atoms with van der Waals surface area (Å²) in [7, 11) is 0. The first-order chi connectivity index (χ1) is 7.21. The minimum absolute atomic E-state index is 0.223. The van der Waals surface area contributed by atoms with Gasteiger partial charge in [-0.2, -0.15) is 0 Å². The number of epoxide rings is 1. The lowest BCUT2D eigenvalue weighted by molar-refractivity contribution is -0.124. The van der Waals surface area contributed by atoms with Gasteiger partial charge in [-0.3, -0.25) is 4.79 Å². The Morgan fingerprint density at radius 2 is 1.80 bits per heavy atom. The number of fused-ring (bicyclic) bond motifs is 1. The third-order valence-electron chi connectivity index (χ3n) is 5.12. The molecule has 1 aliphatic heterocycles. The molecule has 2 aliphatic carbocycles. The minimum Gasteiger partial charge on any atom is -0.361 e. The molecule has 3 aliphatic rings. The molecular formula is C13H20O2.